The number of anilines is 1. The quantitative estimate of drug-likeness (QED) is 0.458. The van der Waals surface area contributed by atoms with Crippen LogP contribution in [0.2, 0.25) is 0 Å². The molecule has 0 aliphatic carbocycles. The number of nitrogens with zero attached hydrogens (tertiary/aromatic N) is 2. The minimum atomic E-state index is 0.526. The zero-order chi connectivity index (χ0) is 11.8. The van der Waals surface area contributed by atoms with Crippen LogP contribution in [0, 0.1) is 0 Å². The smallest absolute Gasteiger partial charge is 0.233 e. The molecule has 90 valence electrons. The van der Waals surface area contributed by atoms with Crippen LogP contribution in [0.15, 0.2) is 10.8 Å². The number of unbranched alkanes of at least 4 members (excludes halogenated alkanes) is 3. The number of rotatable bonds is 7. The van der Waals surface area contributed by atoms with Crippen molar-refractivity contribution in [2.75, 3.05) is 12.0 Å². The summed E-state index contributed by atoms with van der Waals surface area (Å²) in [5.41, 5.74) is 2.47. The number of nitrogens with one attached hydrogen (secondary N) is 1. The van der Waals surface area contributed by atoms with Crippen molar-refractivity contribution in [3.8, 4) is 5.88 Å². The Bertz CT molecular complexity index is 322. The van der Waals surface area contributed by atoms with Gasteiger partial charge < -0.3 is 10.2 Å². The normalized spacial score (nSPS) is 10.2. The summed E-state index contributed by atoms with van der Waals surface area (Å²) in [6.45, 7) is 2.85. The van der Waals surface area contributed by atoms with Crippen LogP contribution in [0.3, 0.4) is 0 Å². The predicted molar refractivity (Wildman–Crippen MR) is 67.2 cm³/mol. The Hall–Kier alpha value is -0.880. The maximum atomic E-state index is 5.53. The first-order valence-corrected chi connectivity index (χ1v) is 6.18. The van der Waals surface area contributed by atoms with E-state index < -0.39 is 0 Å². The largest absolute Gasteiger partial charge is 0.477 e. The van der Waals surface area contributed by atoms with E-state index in [1.165, 1.54) is 25.6 Å². The Morgan fingerprint density at radius 1 is 1.38 bits per heavy atom. The molecule has 1 aromatic heterocycles. The Kier molecular flexibility index (Phi) is 6.10. The molecule has 0 aliphatic rings. The van der Waals surface area contributed by atoms with Gasteiger partial charge in [-0.1, -0.05) is 26.2 Å². The van der Waals surface area contributed by atoms with E-state index in [-0.39, 0.29) is 0 Å². The highest BCUT2D eigenvalue weighted by atomic mass is 79.9. The molecule has 0 atom stereocenters. The van der Waals surface area contributed by atoms with Crippen LogP contribution in [0.1, 0.15) is 32.6 Å². The SMILES string of the molecule is CCCCCCOc1ncnc(NN)c1Br. The maximum Gasteiger partial charge on any atom is 0.233 e. The van der Waals surface area contributed by atoms with Crippen molar-refractivity contribution in [2.45, 2.75) is 32.6 Å². The molecule has 6 heteroatoms. The zero-order valence-corrected chi connectivity index (χ0v) is 11.0. The molecule has 1 rings (SSSR count). The van der Waals surface area contributed by atoms with E-state index >= 15 is 0 Å². The number of aromatic nitrogens is 2. The van der Waals surface area contributed by atoms with Gasteiger partial charge in [-0.25, -0.2) is 15.8 Å². The maximum absolute atomic E-state index is 5.53. The van der Waals surface area contributed by atoms with Crippen molar-refractivity contribution in [1.82, 2.24) is 9.97 Å². The van der Waals surface area contributed by atoms with E-state index in [2.05, 4.69) is 38.2 Å². The van der Waals surface area contributed by atoms with Gasteiger partial charge in [-0.2, -0.15) is 0 Å². The van der Waals surface area contributed by atoms with E-state index in [0.29, 0.717) is 22.8 Å². The first-order valence-electron chi connectivity index (χ1n) is 5.39. The summed E-state index contributed by atoms with van der Waals surface area (Å²) in [7, 11) is 0. The van der Waals surface area contributed by atoms with E-state index in [4.69, 9.17) is 10.6 Å². The summed E-state index contributed by atoms with van der Waals surface area (Å²) < 4.78 is 6.19. The number of hydrazine groups is 1. The number of hydrogen-bond donors (Lipinski definition) is 2. The van der Waals surface area contributed by atoms with Gasteiger partial charge in [-0.05, 0) is 22.4 Å². The highest BCUT2D eigenvalue weighted by molar-refractivity contribution is 9.10. The Balaban J connectivity index is 2.41. The van der Waals surface area contributed by atoms with Gasteiger partial charge in [0.2, 0.25) is 5.88 Å². The van der Waals surface area contributed by atoms with Crippen LogP contribution >= 0.6 is 15.9 Å². The molecule has 0 bridgehead atoms. The molecule has 3 N–H and O–H groups in total. The van der Waals surface area contributed by atoms with Crippen molar-refractivity contribution in [2.24, 2.45) is 5.84 Å². The zero-order valence-electron chi connectivity index (χ0n) is 9.37. The summed E-state index contributed by atoms with van der Waals surface area (Å²) in [5, 5.41) is 0. The average Bonchev–Trinajstić information content (AvgIpc) is 2.31. The van der Waals surface area contributed by atoms with Crippen molar-refractivity contribution in [1.29, 1.82) is 0 Å². The summed E-state index contributed by atoms with van der Waals surface area (Å²) in [6, 6.07) is 0. The predicted octanol–water partition coefficient (Wildman–Crippen LogP) is 2.48. The van der Waals surface area contributed by atoms with Crippen LogP contribution < -0.4 is 16.0 Å². The van der Waals surface area contributed by atoms with Crippen molar-refractivity contribution < 1.29 is 4.74 Å². The fraction of sp³-hybridized carbons (Fsp3) is 0.600. The molecule has 0 amide bonds. The van der Waals surface area contributed by atoms with E-state index in [1.807, 2.05) is 0 Å². The van der Waals surface area contributed by atoms with Gasteiger partial charge >= 0.3 is 0 Å². The van der Waals surface area contributed by atoms with E-state index in [0.717, 1.165) is 6.42 Å². The lowest BCUT2D eigenvalue weighted by Gasteiger charge is -2.08. The molecule has 0 aromatic carbocycles. The topological polar surface area (TPSA) is 73.1 Å². The van der Waals surface area contributed by atoms with Crippen LogP contribution in [-0.4, -0.2) is 16.6 Å². The van der Waals surface area contributed by atoms with Gasteiger partial charge in [-0.3, -0.25) is 0 Å². The Morgan fingerprint density at radius 3 is 2.88 bits per heavy atom. The third-order valence-corrected chi connectivity index (χ3v) is 2.85. The Morgan fingerprint density at radius 2 is 2.19 bits per heavy atom. The highest BCUT2D eigenvalue weighted by Crippen LogP contribution is 2.27. The lowest BCUT2D eigenvalue weighted by atomic mass is 10.2. The summed E-state index contributed by atoms with van der Waals surface area (Å²) in [4.78, 5) is 7.97. The molecule has 0 radical (unpaired) electrons. The summed E-state index contributed by atoms with van der Waals surface area (Å²) >= 11 is 3.33. The highest BCUT2D eigenvalue weighted by Gasteiger charge is 2.08. The molecule has 0 unspecified atom stereocenters. The average molecular weight is 289 g/mol. The van der Waals surface area contributed by atoms with Crippen LogP contribution in [0.25, 0.3) is 0 Å². The molecule has 0 saturated heterocycles. The third kappa shape index (κ3) is 3.94. The number of nitrogen functional groups attached to an aromatic ring is 1. The van der Waals surface area contributed by atoms with Crippen molar-refractivity contribution >= 4 is 21.7 Å². The monoisotopic (exact) mass is 288 g/mol. The molecule has 1 aromatic rings. The number of hydrogen-bond acceptors (Lipinski definition) is 5. The van der Waals surface area contributed by atoms with Crippen LogP contribution in [-0.2, 0) is 0 Å². The lowest BCUT2D eigenvalue weighted by molar-refractivity contribution is 0.291. The number of halogens is 1. The second-order valence-electron chi connectivity index (χ2n) is 3.39. The summed E-state index contributed by atoms with van der Waals surface area (Å²) in [5.74, 6) is 6.34. The van der Waals surface area contributed by atoms with Gasteiger partial charge in [0.15, 0.2) is 5.82 Å². The molecule has 5 nitrogen and oxygen atoms in total. The van der Waals surface area contributed by atoms with Gasteiger partial charge in [0.25, 0.3) is 0 Å². The lowest BCUT2D eigenvalue weighted by Crippen LogP contribution is -2.10. The van der Waals surface area contributed by atoms with E-state index in [1.54, 1.807) is 0 Å². The van der Waals surface area contributed by atoms with Gasteiger partial charge in [-0.15, -0.1) is 0 Å². The third-order valence-electron chi connectivity index (χ3n) is 2.13. The summed E-state index contributed by atoms with van der Waals surface area (Å²) in [6.07, 6.45) is 6.10. The van der Waals surface area contributed by atoms with Crippen LogP contribution in [0.5, 0.6) is 5.88 Å². The molecule has 1 heterocycles. The van der Waals surface area contributed by atoms with Crippen molar-refractivity contribution in [3.63, 3.8) is 0 Å². The molecular formula is C10H17BrN4O. The Labute approximate surface area is 104 Å². The molecule has 0 aliphatic heterocycles. The standard InChI is InChI=1S/C10H17BrN4O/c1-2-3-4-5-6-16-10-8(11)9(15-12)13-7-14-10/h7H,2-6,12H2,1H3,(H,13,14,15). The van der Waals surface area contributed by atoms with Crippen molar-refractivity contribution in [3.05, 3.63) is 10.8 Å². The fourth-order valence-corrected chi connectivity index (χ4v) is 1.69. The van der Waals surface area contributed by atoms with Gasteiger partial charge in [0, 0.05) is 0 Å². The second-order valence-corrected chi connectivity index (χ2v) is 4.19. The second kappa shape index (κ2) is 7.40. The molecule has 16 heavy (non-hydrogen) atoms. The number of nitrogens with two attached hydrogens (primary N) is 1. The molecule has 0 fully saturated rings. The van der Waals surface area contributed by atoms with E-state index in [9.17, 15) is 0 Å². The molecular weight excluding hydrogens is 272 g/mol. The number of ether oxygens (including phenoxy) is 1. The minimum absolute atomic E-state index is 0.526. The first kappa shape index (κ1) is 13.2. The molecule has 0 saturated carbocycles. The minimum Gasteiger partial charge on any atom is -0.477 e. The van der Waals surface area contributed by atoms with Crippen LogP contribution in [0.4, 0.5) is 5.82 Å². The van der Waals surface area contributed by atoms with Gasteiger partial charge in [0.1, 0.15) is 10.8 Å². The van der Waals surface area contributed by atoms with Gasteiger partial charge in [0.05, 0.1) is 6.61 Å². The molecule has 0 spiro atoms. The fourth-order valence-electron chi connectivity index (χ4n) is 1.25. The first-order chi connectivity index (χ1) is 7.79.